The topological polar surface area (TPSA) is 194 Å². The Morgan fingerprint density at radius 1 is 1.39 bits per heavy atom. The Hall–Kier alpha value is -2.90. The average molecular weight is 428 g/mol. The monoisotopic (exact) mass is 428 g/mol. The number of hydrogen-bond acceptors (Lipinski definition) is 8. The van der Waals surface area contributed by atoms with Gasteiger partial charge in [-0.2, -0.15) is 0 Å². The van der Waals surface area contributed by atoms with Crippen molar-refractivity contribution >= 4 is 57.6 Å². The number of carbonyl (C=O) groups excluding carboxylic acids is 2. The van der Waals surface area contributed by atoms with Gasteiger partial charge >= 0.3 is 11.9 Å². The zero-order valence-electron chi connectivity index (χ0n) is 14.1. The molecule has 1 saturated heterocycles. The molecule has 1 aromatic rings. The Morgan fingerprint density at radius 3 is 2.68 bits per heavy atom. The predicted molar refractivity (Wildman–Crippen MR) is 101 cm³/mol. The van der Waals surface area contributed by atoms with Crippen molar-refractivity contribution in [2.75, 3.05) is 11.5 Å². The van der Waals surface area contributed by atoms with Crippen LogP contribution in [0.4, 0.5) is 5.13 Å². The van der Waals surface area contributed by atoms with Crippen molar-refractivity contribution in [1.29, 1.82) is 0 Å². The van der Waals surface area contributed by atoms with Crippen molar-refractivity contribution in [3.8, 4) is 0 Å². The van der Waals surface area contributed by atoms with Gasteiger partial charge in [-0.15, -0.1) is 23.1 Å². The van der Waals surface area contributed by atoms with Gasteiger partial charge in [-0.25, -0.2) is 9.78 Å². The number of hydrogen-bond donors (Lipinski definition) is 4. The third-order valence-electron chi connectivity index (χ3n) is 3.88. The molecule has 0 aromatic carbocycles. The van der Waals surface area contributed by atoms with Crippen molar-refractivity contribution in [3.63, 3.8) is 0 Å². The SMILES string of the molecule is Nc1nc(C(=CCC(=O)O)C(=O)NC2C(=O)N3C(C(=O)O)=CCSC23)cs1.O. The van der Waals surface area contributed by atoms with E-state index in [-0.39, 0.29) is 27.6 Å². The number of β-lactam (4-membered cyclic amide) rings is 1. The lowest BCUT2D eigenvalue weighted by Gasteiger charge is -2.48. The van der Waals surface area contributed by atoms with Gasteiger partial charge in [0.05, 0.1) is 17.7 Å². The molecule has 3 rings (SSSR count). The summed E-state index contributed by atoms with van der Waals surface area (Å²) in [6, 6.07) is -0.908. The number of nitrogens with two attached hydrogens (primary N) is 1. The van der Waals surface area contributed by atoms with Crippen molar-refractivity contribution < 1.29 is 34.9 Å². The Morgan fingerprint density at radius 2 is 2.11 bits per heavy atom. The molecular formula is C15H16N4O7S2. The number of aliphatic carboxylic acids is 2. The molecule has 2 atom stereocenters. The Balaban J connectivity index is 0.00000280. The van der Waals surface area contributed by atoms with Gasteiger partial charge in [-0.1, -0.05) is 6.08 Å². The molecule has 2 aliphatic heterocycles. The standard InChI is InChI=1S/C15H14N4O6S2.H2O/c16-15-17-7(5-27-15)6(1-2-9(20)21)11(22)18-10-12(23)19-8(14(24)25)3-4-26-13(10)19;/h1,3,5,10,13H,2,4H2,(H2,16,17)(H,18,22)(H,20,21)(H,24,25);1H2. The number of carbonyl (C=O) groups is 4. The zero-order valence-corrected chi connectivity index (χ0v) is 15.7. The van der Waals surface area contributed by atoms with Crippen LogP contribution in [0.5, 0.6) is 0 Å². The third kappa shape index (κ3) is 4.00. The van der Waals surface area contributed by atoms with Gasteiger partial charge in [0.1, 0.15) is 17.1 Å². The molecule has 0 spiro atoms. The average Bonchev–Trinajstić information content (AvgIpc) is 3.04. The molecule has 3 heterocycles. The molecule has 150 valence electrons. The molecule has 0 radical (unpaired) electrons. The molecule has 13 heteroatoms. The quantitative estimate of drug-likeness (QED) is 0.329. The maximum Gasteiger partial charge on any atom is 0.352 e. The number of thioether (sulfide) groups is 1. The molecule has 0 aliphatic carbocycles. The molecule has 1 aromatic heterocycles. The van der Waals surface area contributed by atoms with E-state index in [0.29, 0.717) is 5.75 Å². The minimum atomic E-state index is -1.21. The number of nitrogens with one attached hydrogen (secondary N) is 1. The van der Waals surface area contributed by atoms with Gasteiger partial charge in [-0.3, -0.25) is 19.3 Å². The summed E-state index contributed by atoms with van der Waals surface area (Å²) >= 11 is 2.41. The first-order chi connectivity index (χ1) is 12.8. The normalized spacial score (nSPS) is 21.0. The fourth-order valence-electron chi connectivity index (χ4n) is 2.67. The van der Waals surface area contributed by atoms with E-state index in [1.165, 1.54) is 29.3 Å². The van der Waals surface area contributed by atoms with Crippen LogP contribution in [0.15, 0.2) is 23.2 Å². The summed E-state index contributed by atoms with van der Waals surface area (Å²) < 4.78 is 0. The van der Waals surface area contributed by atoms with E-state index in [9.17, 15) is 19.2 Å². The number of amides is 2. The van der Waals surface area contributed by atoms with Gasteiger partial charge in [-0.05, 0) is 6.08 Å². The summed E-state index contributed by atoms with van der Waals surface area (Å²) in [5, 5.41) is 21.8. The second-order valence-electron chi connectivity index (χ2n) is 5.56. The molecule has 28 heavy (non-hydrogen) atoms. The summed E-state index contributed by atoms with van der Waals surface area (Å²) in [7, 11) is 0. The van der Waals surface area contributed by atoms with Crippen LogP contribution >= 0.6 is 23.1 Å². The highest BCUT2D eigenvalue weighted by molar-refractivity contribution is 8.00. The van der Waals surface area contributed by atoms with E-state index in [0.717, 1.165) is 16.2 Å². The number of carboxylic acids is 2. The molecule has 0 saturated carbocycles. The fraction of sp³-hybridized carbons (Fsp3) is 0.267. The number of anilines is 1. The van der Waals surface area contributed by atoms with E-state index in [1.807, 2.05) is 0 Å². The van der Waals surface area contributed by atoms with E-state index in [1.54, 1.807) is 0 Å². The van der Waals surface area contributed by atoms with Crippen molar-refractivity contribution in [2.45, 2.75) is 17.8 Å². The van der Waals surface area contributed by atoms with Crippen LogP contribution in [0.2, 0.25) is 0 Å². The first kappa shape index (κ1) is 21.4. The Kier molecular flexibility index (Phi) is 6.43. The van der Waals surface area contributed by atoms with Crippen LogP contribution in [0.3, 0.4) is 0 Å². The lowest BCUT2D eigenvalue weighted by molar-refractivity contribution is -0.150. The molecule has 0 bridgehead atoms. The Labute approximate surface area is 166 Å². The number of nitrogens with zero attached hydrogens (tertiary/aromatic N) is 2. The summed E-state index contributed by atoms with van der Waals surface area (Å²) in [5.74, 6) is -3.16. The lowest BCUT2D eigenvalue weighted by Crippen LogP contribution is -2.70. The number of thiazole rings is 1. The number of aromatic nitrogens is 1. The smallest absolute Gasteiger partial charge is 0.352 e. The summed E-state index contributed by atoms with van der Waals surface area (Å²) in [5.41, 5.74) is 5.66. The number of carboxylic acid groups (broad SMARTS) is 2. The van der Waals surface area contributed by atoms with E-state index >= 15 is 0 Å². The third-order valence-corrected chi connectivity index (χ3v) is 5.73. The molecule has 2 amide bonds. The van der Waals surface area contributed by atoms with E-state index in [2.05, 4.69) is 10.3 Å². The summed E-state index contributed by atoms with van der Waals surface area (Å²) in [4.78, 5) is 52.1. The van der Waals surface area contributed by atoms with Gasteiger partial charge in [0.2, 0.25) is 0 Å². The fourth-order valence-corrected chi connectivity index (χ4v) is 4.43. The first-order valence-electron chi connectivity index (χ1n) is 7.62. The predicted octanol–water partition coefficient (Wildman–Crippen LogP) is -0.873. The van der Waals surface area contributed by atoms with Crippen LogP contribution in [-0.4, -0.2) is 66.5 Å². The van der Waals surface area contributed by atoms with Gasteiger partial charge < -0.3 is 26.7 Å². The number of fused-ring (bicyclic) bond motifs is 1. The largest absolute Gasteiger partial charge is 0.481 e. The molecule has 2 aliphatic rings. The molecule has 7 N–H and O–H groups in total. The second kappa shape index (κ2) is 8.41. The van der Waals surface area contributed by atoms with Crippen molar-refractivity contribution in [2.24, 2.45) is 0 Å². The molecular weight excluding hydrogens is 412 g/mol. The number of nitrogen functional groups attached to an aromatic ring is 1. The van der Waals surface area contributed by atoms with Crippen LogP contribution in [0.25, 0.3) is 5.57 Å². The number of rotatable bonds is 6. The zero-order chi connectivity index (χ0) is 19.7. The maximum absolute atomic E-state index is 12.6. The maximum atomic E-state index is 12.6. The van der Waals surface area contributed by atoms with Gasteiger partial charge in [0, 0.05) is 11.1 Å². The highest BCUT2D eigenvalue weighted by atomic mass is 32.2. The minimum absolute atomic E-state index is 0. The Bertz CT molecular complexity index is 895. The highest BCUT2D eigenvalue weighted by Gasteiger charge is 2.52. The van der Waals surface area contributed by atoms with Crippen LogP contribution in [0, 0.1) is 0 Å². The van der Waals surface area contributed by atoms with Crippen LogP contribution < -0.4 is 11.1 Å². The van der Waals surface area contributed by atoms with Crippen molar-refractivity contribution in [3.05, 3.63) is 28.9 Å². The first-order valence-corrected chi connectivity index (χ1v) is 9.54. The van der Waals surface area contributed by atoms with Crippen molar-refractivity contribution in [1.82, 2.24) is 15.2 Å². The molecule has 1 fully saturated rings. The minimum Gasteiger partial charge on any atom is -0.481 e. The van der Waals surface area contributed by atoms with Gasteiger partial charge in [0.15, 0.2) is 5.13 Å². The highest BCUT2D eigenvalue weighted by Crippen LogP contribution is 2.37. The van der Waals surface area contributed by atoms with E-state index in [4.69, 9.17) is 15.9 Å². The molecule has 11 nitrogen and oxygen atoms in total. The molecule has 2 unspecified atom stereocenters. The van der Waals surface area contributed by atoms with Crippen LogP contribution in [0.1, 0.15) is 12.1 Å². The lowest BCUT2D eigenvalue weighted by atomic mass is 10.0. The summed E-state index contributed by atoms with van der Waals surface area (Å²) in [6.45, 7) is 0. The summed E-state index contributed by atoms with van der Waals surface area (Å²) in [6.07, 6.45) is 2.23. The van der Waals surface area contributed by atoms with Gasteiger partial charge in [0.25, 0.3) is 11.8 Å². The van der Waals surface area contributed by atoms with Crippen LogP contribution in [-0.2, 0) is 19.2 Å². The van der Waals surface area contributed by atoms with E-state index < -0.39 is 41.6 Å². The second-order valence-corrected chi connectivity index (χ2v) is 7.60.